The Morgan fingerprint density at radius 3 is 2.53 bits per heavy atom. The van der Waals surface area contributed by atoms with Crippen LogP contribution in [-0.2, 0) is 15.9 Å². The molecule has 0 aliphatic carbocycles. The summed E-state index contributed by atoms with van der Waals surface area (Å²) in [5.41, 5.74) is 3.87. The lowest BCUT2D eigenvalue weighted by Gasteiger charge is -2.10. The molecule has 0 atom stereocenters. The van der Waals surface area contributed by atoms with Crippen LogP contribution in [0.5, 0.6) is 0 Å². The first-order valence-corrected chi connectivity index (χ1v) is 6.19. The van der Waals surface area contributed by atoms with Gasteiger partial charge < -0.3 is 9.47 Å². The van der Waals surface area contributed by atoms with E-state index in [4.69, 9.17) is 9.47 Å². The molecule has 1 fully saturated rings. The van der Waals surface area contributed by atoms with E-state index in [1.807, 2.05) is 0 Å². The number of aryl methyl sites for hydroxylation is 1. The van der Waals surface area contributed by atoms with E-state index < -0.39 is 0 Å². The van der Waals surface area contributed by atoms with Crippen molar-refractivity contribution in [1.29, 1.82) is 0 Å². The van der Waals surface area contributed by atoms with Gasteiger partial charge in [-0.1, -0.05) is 42.0 Å². The van der Waals surface area contributed by atoms with Gasteiger partial charge in [0.05, 0.1) is 13.2 Å². The largest absolute Gasteiger partial charge is 0.350 e. The summed E-state index contributed by atoms with van der Waals surface area (Å²) >= 11 is 0. The summed E-state index contributed by atoms with van der Waals surface area (Å²) in [4.78, 5) is 0. The monoisotopic (exact) mass is 232 g/mol. The minimum atomic E-state index is -0.00947. The molecule has 0 amide bonds. The van der Waals surface area contributed by atoms with E-state index in [2.05, 4.69) is 37.8 Å². The molecule has 1 aromatic rings. The van der Waals surface area contributed by atoms with Crippen LogP contribution in [0.2, 0.25) is 0 Å². The molecule has 92 valence electrons. The molecule has 17 heavy (non-hydrogen) atoms. The molecule has 1 aromatic carbocycles. The van der Waals surface area contributed by atoms with E-state index in [0.29, 0.717) is 0 Å². The van der Waals surface area contributed by atoms with Gasteiger partial charge in [-0.3, -0.25) is 0 Å². The molecular weight excluding hydrogens is 212 g/mol. The van der Waals surface area contributed by atoms with Gasteiger partial charge in [0, 0.05) is 6.42 Å². The third-order valence-corrected chi connectivity index (χ3v) is 3.00. The van der Waals surface area contributed by atoms with Gasteiger partial charge in [-0.25, -0.2) is 0 Å². The minimum absolute atomic E-state index is 0.00947. The Kier molecular flexibility index (Phi) is 4.35. The van der Waals surface area contributed by atoms with Gasteiger partial charge in [-0.15, -0.1) is 0 Å². The van der Waals surface area contributed by atoms with Gasteiger partial charge >= 0.3 is 0 Å². The Labute approximate surface area is 103 Å². The first kappa shape index (κ1) is 12.3. The Morgan fingerprint density at radius 1 is 1.24 bits per heavy atom. The second-order valence-corrected chi connectivity index (χ2v) is 4.62. The third kappa shape index (κ3) is 3.99. The zero-order chi connectivity index (χ0) is 12.1. The molecule has 0 unspecified atom stereocenters. The van der Waals surface area contributed by atoms with Crippen molar-refractivity contribution in [3.63, 3.8) is 0 Å². The van der Waals surface area contributed by atoms with E-state index in [0.717, 1.165) is 32.5 Å². The molecule has 0 N–H and O–H groups in total. The summed E-state index contributed by atoms with van der Waals surface area (Å²) in [6.45, 7) is 7.69. The molecule has 1 aliphatic heterocycles. The molecule has 1 heterocycles. The predicted molar refractivity (Wildman–Crippen MR) is 68.9 cm³/mol. The molecule has 0 aromatic heterocycles. The van der Waals surface area contributed by atoms with E-state index in [1.165, 1.54) is 16.7 Å². The van der Waals surface area contributed by atoms with Gasteiger partial charge in [-0.2, -0.15) is 0 Å². The number of benzene rings is 1. The average Bonchev–Trinajstić information content (AvgIpc) is 2.83. The Bertz CT molecular complexity index is 361. The van der Waals surface area contributed by atoms with Gasteiger partial charge in [0.1, 0.15) is 0 Å². The van der Waals surface area contributed by atoms with Crippen molar-refractivity contribution in [3.05, 3.63) is 47.5 Å². The van der Waals surface area contributed by atoms with Gasteiger partial charge in [0.15, 0.2) is 6.29 Å². The summed E-state index contributed by atoms with van der Waals surface area (Å²) in [6.07, 6.45) is 2.83. The predicted octanol–water partition coefficient (Wildman–Crippen LogP) is 3.25. The molecule has 0 bridgehead atoms. The van der Waals surface area contributed by atoms with Crippen molar-refractivity contribution in [3.8, 4) is 0 Å². The summed E-state index contributed by atoms with van der Waals surface area (Å²) in [6, 6.07) is 8.63. The average molecular weight is 232 g/mol. The van der Waals surface area contributed by atoms with E-state index in [-0.39, 0.29) is 6.29 Å². The quantitative estimate of drug-likeness (QED) is 0.725. The first-order chi connectivity index (χ1) is 8.24. The Hall–Kier alpha value is -1.12. The SMILES string of the molecule is C=C(CCC1OCCO1)Cc1ccc(C)cc1. The van der Waals surface area contributed by atoms with Crippen LogP contribution < -0.4 is 0 Å². The number of hydrogen-bond donors (Lipinski definition) is 0. The number of rotatable bonds is 5. The van der Waals surface area contributed by atoms with Gasteiger partial charge in [0.25, 0.3) is 0 Å². The molecule has 2 heteroatoms. The zero-order valence-corrected chi connectivity index (χ0v) is 10.4. The van der Waals surface area contributed by atoms with Crippen LogP contribution in [0, 0.1) is 6.92 Å². The number of hydrogen-bond acceptors (Lipinski definition) is 2. The fourth-order valence-corrected chi connectivity index (χ4v) is 1.98. The topological polar surface area (TPSA) is 18.5 Å². The molecule has 0 radical (unpaired) electrons. The van der Waals surface area contributed by atoms with Crippen molar-refractivity contribution in [2.24, 2.45) is 0 Å². The van der Waals surface area contributed by atoms with Crippen molar-refractivity contribution < 1.29 is 9.47 Å². The maximum Gasteiger partial charge on any atom is 0.158 e. The van der Waals surface area contributed by atoms with E-state index in [1.54, 1.807) is 0 Å². The van der Waals surface area contributed by atoms with Crippen molar-refractivity contribution in [1.82, 2.24) is 0 Å². The summed E-state index contributed by atoms with van der Waals surface area (Å²) in [5.74, 6) is 0. The van der Waals surface area contributed by atoms with Crippen LogP contribution in [0.15, 0.2) is 36.4 Å². The molecule has 1 saturated heterocycles. The first-order valence-electron chi connectivity index (χ1n) is 6.19. The normalized spacial score (nSPS) is 16.3. The maximum atomic E-state index is 5.41. The lowest BCUT2D eigenvalue weighted by Crippen LogP contribution is -2.07. The molecule has 2 rings (SSSR count). The molecule has 1 aliphatic rings. The highest BCUT2D eigenvalue weighted by Gasteiger charge is 2.15. The molecule has 0 spiro atoms. The summed E-state index contributed by atoms with van der Waals surface area (Å²) in [5, 5.41) is 0. The minimum Gasteiger partial charge on any atom is -0.350 e. The van der Waals surface area contributed by atoms with Gasteiger partial charge in [0.2, 0.25) is 0 Å². The van der Waals surface area contributed by atoms with E-state index in [9.17, 15) is 0 Å². The zero-order valence-electron chi connectivity index (χ0n) is 10.4. The fourth-order valence-electron chi connectivity index (χ4n) is 1.98. The van der Waals surface area contributed by atoms with Crippen molar-refractivity contribution in [2.75, 3.05) is 13.2 Å². The van der Waals surface area contributed by atoms with Crippen LogP contribution in [0.3, 0.4) is 0 Å². The van der Waals surface area contributed by atoms with Crippen LogP contribution in [0.4, 0.5) is 0 Å². The second kappa shape index (κ2) is 5.99. The second-order valence-electron chi connectivity index (χ2n) is 4.62. The molecule has 0 saturated carbocycles. The van der Waals surface area contributed by atoms with Crippen molar-refractivity contribution in [2.45, 2.75) is 32.5 Å². The highest BCUT2D eigenvalue weighted by Crippen LogP contribution is 2.17. The lowest BCUT2D eigenvalue weighted by molar-refractivity contribution is -0.0462. The summed E-state index contributed by atoms with van der Waals surface area (Å²) in [7, 11) is 0. The highest BCUT2D eigenvalue weighted by atomic mass is 16.7. The Balaban J connectivity index is 1.74. The van der Waals surface area contributed by atoms with Crippen molar-refractivity contribution >= 4 is 0 Å². The van der Waals surface area contributed by atoms with Crippen LogP contribution in [0.1, 0.15) is 24.0 Å². The smallest absolute Gasteiger partial charge is 0.158 e. The van der Waals surface area contributed by atoms with Crippen LogP contribution >= 0.6 is 0 Å². The maximum absolute atomic E-state index is 5.41. The van der Waals surface area contributed by atoms with Crippen LogP contribution in [0.25, 0.3) is 0 Å². The summed E-state index contributed by atoms with van der Waals surface area (Å²) < 4.78 is 10.8. The standard InChI is InChI=1S/C15H20O2/c1-12-3-6-14(7-4-12)11-13(2)5-8-15-16-9-10-17-15/h3-4,6-7,15H,2,5,8-11H2,1H3. The number of ether oxygens (including phenoxy) is 2. The van der Waals surface area contributed by atoms with Crippen LogP contribution in [-0.4, -0.2) is 19.5 Å². The van der Waals surface area contributed by atoms with E-state index >= 15 is 0 Å². The highest BCUT2D eigenvalue weighted by molar-refractivity contribution is 5.24. The van der Waals surface area contributed by atoms with Gasteiger partial charge in [-0.05, 0) is 25.3 Å². The third-order valence-electron chi connectivity index (χ3n) is 3.00. The Morgan fingerprint density at radius 2 is 1.88 bits per heavy atom. The lowest BCUT2D eigenvalue weighted by atomic mass is 10.0. The molecular formula is C15H20O2. The fraction of sp³-hybridized carbons (Fsp3) is 0.467. The number of allylic oxidation sites excluding steroid dienone is 1. The molecule has 2 nitrogen and oxygen atoms in total.